The standard InChI is InChI=1S/C29H35N7O2/c1-35-18-15-22(16-19-35)36-17-7-10-21(36)13-14-25-33-34-29(38-25)32-27-28(37)30-24-12-6-5-11-23(24)26(31-27)20-8-3-2-4-9-20/h2-6,8-9,11-13,22,25,27,33H,7,10,14-19H2,1H3,(H,30,37)(H,32,34)/b21-13-. The quantitative estimate of drug-likeness (QED) is 0.569. The van der Waals surface area contributed by atoms with Gasteiger partial charge in [-0.3, -0.25) is 10.2 Å². The number of carbonyl (C=O) groups excluding carboxylic acids is 1. The average molecular weight is 514 g/mol. The molecule has 2 aromatic rings. The maximum atomic E-state index is 13.1. The molecule has 4 aliphatic rings. The number of benzene rings is 2. The van der Waals surface area contributed by atoms with Gasteiger partial charge < -0.3 is 19.9 Å². The van der Waals surface area contributed by atoms with Gasteiger partial charge in [0.25, 0.3) is 5.91 Å². The Morgan fingerprint density at radius 1 is 1.08 bits per heavy atom. The fourth-order valence-corrected chi connectivity index (χ4v) is 5.68. The summed E-state index contributed by atoms with van der Waals surface area (Å²) in [5.74, 6) is -0.299. The first-order valence-electron chi connectivity index (χ1n) is 13.6. The van der Waals surface area contributed by atoms with Gasteiger partial charge in [-0.1, -0.05) is 54.6 Å². The van der Waals surface area contributed by atoms with Crippen molar-refractivity contribution < 1.29 is 9.53 Å². The highest BCUT2D eigenvalue weighted by Gasteiger charge is 2.30. The number of fused-ring (bicyclic) bond motifs is 1. The fraction of sp³-hybridized carbons (Fsp3) is 0.414. The number of hydrogen-bond acceptors (Lipinski definition) is 7. The number of likely N-dealkylation sites (tertiary alicyclic amines) is 2. The molecule has 6 rings (SSSR count). The van der Waals surface area contributed by atoms with E-state index in [0.29, 0.717) is 12.5 Å². The van der Waals surface area contributed by atoms with Gasteiger partial charge in [0.1, 0.15) is 0 Å². The zero-order valence-corrected chi connectivity index (χ0v) is 21.8. The summed E-state index contributed by atoms with van der Waals surface area (Å²) in [5.41, 5.74) is 10.8. The Balaban J connectivity index is 1.16. The summed E-state index contributed by atoms with van der Waals surface area (Å²) >= 11 is 0. The number of hydrazine groups is 1. The van der Waals surface area contributed by atoms with E-state index in [2.05, 4.69) is 44.1 Å². The van der Waals surface area contributed by atoms with Gasteiger partial charge in [0.15, 0.2) is 6.23 Å². The van der Waals surface area contributed by atoms with Crippen LogP contribution in [0.3, 0.4) is 0 Å². The van der Waals surface area contributed by atoms with Gasteiger partial charge in [0.05, 0.1) is 11.4 Å². The minimum atomic E-state index is -0.978. The SMILES string of the molecule is CN1CCC(N2CCC/C2=C/CC2NNC(=NC3N=C(c4ccccc4)c4ccccc4NC3=O)O2)CC1. The van der Waals surface area contributed by atoms with Crippen molar-refractivity contribution in [2.75, 3.05) is 32.0 Å². The molecule has 38 heavy (non-hydrogen) atoms. The number of amides is 1. The molecule has 0 aromatic heterocycles. The number of carbonyl (C=O) groups is 1. The maximum absolute atomic E-state index is 13.1. The minimum Gasteiger partial charge on any atom is -0.443 e. The largest absolute Gasteiger partial charge is 0.443 e. The maximum Gasteiger partial charge on any atom is 0.303 e. The minimum absolute atomic E-state index is 0.259. The van der Waals surface area contributed by atoms with E-state index >= 15 is 0 Å². The number of ether oxygens (including phenoxy) is 1. The normalized spacial score (nSPS) is 26.5. The van der Waals surface area contributed by atoms with Crippen molar-refractivity contribution in [3.63, 3.8) is 0 Å². The number of hydrogen-bond donors (Lipinski definition) is 3. The Kier molecular flexibility index (Phi) is 7.11. The van der Waals surface area contributed by atoms with E-state index < -0.39 is 6.17 Å². The summed E-state index contributed by atoms with van der Waals surface area (Å²) in [6.07, 6.45) is 6.56. The Bertz CT molecular complexity index is 1250. The summed E-state index contributed by atoms with van der Waals surface area (Å²) < 4.78 is 6.03. The lowest BCUT2D eigenvalue weighted by Gasteiger charge is -2.37. The van der Waals surface area contributed by atoms with E-state index in [0.717, 1.165) is 35.5 Å². The van der Waals surface area contributed by atoms with E-state index in [-0.39, 0.29) is 18.2 Å². The molecule has 3 N–H and O–H groups in total. The van der Waals surface area contributed by atoms with E-state index in [1.165, 1.54) is 38.0 Å². The molecule has 0 aliphatic carbocycles. The molecule has 2 unspecified atom stereocenters. The molecule has 0 saturated carbocycles. The van der Waals surface area contributed by atoms with Crippen molar-refractivity contribution in [2.24, 2.45) is 9.98 Å². The van der Waals surface area contributed by atoms with Gasteiger partial charge in [-0.25, -0.2) is 4.99 Å². The monoisotopic (exact) mass is 513 g/mol. The van der Waals surface area contributed by atoms with Crippen LogP contribution in [-0.2, 0) is 9.53 Å². The van der Waals surface area contributed by atoms with Crippen LogP contribution in [0, 0.1) is 0 Å². The van der Waals surface area contributed by atoms with Gasteiger partial charge in [-0.2, -0.15) is 10.4 Å². The molecule has 4 heterocycles. The van der Waals surface area contributed by atoms with Crippen LogP contribution in [0.15, 0.2) is 76.4 Å². The van der Waals surface area contributed by atoms with Crippen LogP contribution in [0.5, 0.6) is 0 Å². The number of para-hydroxylation sites is 1. The van der Waals surface area contributed by atoms with Gasteiger partial charge in [-0.15, -0.1) is 0 Å². The van der Waals surface area contributed by atoms with Gasteiger partial charge in [0, 0.05) is 35.8 Å². The molecule has 3 fully saturated rings. The van der Waals surface area contributed by atoms with E-state index in [9.17, 15) is 4.79 Å². The highest BCUT2D eigenvalue weighted by atomic mass is 16.5. The lowest BCUT2D eigenvalue weighted by Crippen LogP contribution is -2.41. The van der Waals surface area contributed by atoms with Crippen molar-refractivity contribution in [1.29, 1.82) is 0 Å². The third-order valence-corrected chi connectivity index (χ3v) is 7.70. The molecular weight excluding hydrogens is 478 g/mol. The van der Waals surface area contributed by atoms with Gasteiger partial charge in [0.2, 0.25) is 6.17 Å². The highest BCUT2D eigenvalue weighted by molar-refractivity contribution is 6.19. The van der Waals surface area contributed by atoms with Crippen molar-refractivity contribution in [3.8, 4) is 0 Å². The first kappa shape index (κ1) is 24.6. The number of rotatable bonds is 5. The van der Waals surface area contributed by atoms with Crippen LogP contribution < -0.4 is 16.2 Å². The molecule has 0 spiro atoms. The predicted octanol–water partition coefficient (Wildman–Crippen LogP) is 3.07. The smallest absolute Gasteiger partial charge is 0.303 e. The number of nitrogens with one attached hydrogen (secondary N) is 3. The van der Waals surface area contributed by atoms with Crippen LogP contribution in [-0.4, -0.2) is 72.6 Å². The number of aliphatic imine (C=N–C) groups is 2. The zero-order valence-electron chi connectivity index (χ0n) is 21.8. The molecule has 3 saturated heterocycles. The Hall–Kier alpha value is -3.69. The van der Waals surface area contributed by atoms with Crippen LogP contribution in [0.2, 0.25) is 0 Å². The topological polar surface area (TPSA) is 93.6 Å². The molecular formula is C29H35N7O2. The molecule has 1 amide bonds. The number of anilines is 1. The second-order valence-corrected chi connectivity index (χ2v) is 10.3. The van der Waals surface area contributed by atoms with Crippen LogP contribution in [0.25, 0.3) is 0 Å². The predicted molar refractivity (Wildman–Crippen MR) is 149 cm³/mol. The lowest BCUT2D eigenvalue weighted by molar-refractivity contribution is -0.117. The van der Waals surface area contributed by atoms with Gasteiger partial charge >= 0.3 is 6.02 Å². The second kappa shape index (κ2) is 11.0. The van der Waals surface area contributed by atoms with Crippen molar-refractivity contribution in [2.45, 2.75) is 50.5 Å². The molecule has 198 valence electrons. The molecule has 4 aliphatic heterocycles. The first-order chi connectivity index (χ1) is 18.6. The lowest BCUT2D eigenvalue weighted by atomic mass is 10.0. The summed E-state index contributed by atoms with van der Waals surface area (Å²) in [4.78, 5) is 27.4. The number of nitrogens with zero attached hydrogens (tertiary/aromatic N) is 4. The van der Waals surface area contributed by atoms with Crippen LogP contribution in [0.1, 0.15) is 43.2 Å². The van der Waals surface area contributed by atoms with Crippen LogP contribution in [0.4, 0.5) is 5.69 Å². The second-order valence-electron chi connectivity index (χ2n) is 10.3. The molecule has 2 aromatic carbocycles. The molecule has 9 heteroatoms. The Labute approximate surface area is 223 Å². The summed E-state index contributed by atoms with van der Waals surface area (Å²) in [5, 5.41) is 2.98. The third-order valence-electron chi connectivity index (χ3n) is 7.70. The van der Waals surface area contributed by atoms with Crippen LogP contribution >= 0.6 is 0 Å². The summed E-state index contributed by atoms with van der Waals surface area (Å²) in [6, 6.07) is 18.5. The van der Waals surface area contributed by atoms with Crippen molar-refractivity contribution in [1.82, 2.24) is 20.7 Å². The zero-order chi connectivity index (χ0) is 25.9. The number of allylic oxidation sites excluding steroid dienone is 1. The van der Waals surface area contributed by atoms with Crippen molar-refractivity contribution >= 4 is 23.3 Å². The molecule has 9 nitrogen and oxygen atoms in total. The number of amidine groups is 1. The molecule has 0 bridgehead atoms. The Morgan fingerprint density at radius 2 is 1.87 bits per heavy atom. The molecule has 2 atom stereocenters. The number of piperidine rings is 1. The number of benzodiazepines with no additional fused rings is 1. The third kappa shape index (κ3) is 5.30. The summed E-state index contributed by atoms with van der Waals surface area (Å²) in [7, 11) is 2.21. The summed E-state index contributed by atoms with van der Waals surface area (Å²) in [6.45, 7) is 3.48. The van der Waals surface area contributed by atoms with Gasteiger partial charge in [-0.05, 0) is 51.9 Å². The van der Waals surface area contributed by atoms with E-state index in [4.69, 9.17) is 9.73 Å². The van der Waals surface area contributed by atoms with E-state index in [1.54, 1.807) is 0 Å². The highest BCUT2D eigenvalue weighted by Crippen LogP contribution is 2.29. The van der Waals surface area contributed by atoms with E-state index in [1.807, 2.05) is 54.6 Å². The fourth-order valence-electron chi connectivity index (χ4n) is 5.68. The first-order valence-corrected chi connectivity index (χ1v) is 13.6. The van der Waals surface area contributed by atoms with Crippen molar-refractivity contribution in [3.05, 3.63) is 77.5 Å². The molecule has 0 radical (unpaired) electrons. The Morgan fingerprint density at radius 3 is 2.71 bits per heavy atom. The average Bonchev–Trinajstić information content (AvgIpc) is 3.57.